The Morgan fingerprint density at radius 3 is 2.56 bits per heavy atom. The molecule has 1 aromatic carbocycles. The third-order valence-electron chi connectivity index (χ3n) is 2.27. The molecule has 0 spiro atoms. The topological polar surface area (TPSA) is 61.6 Å². The Morgan fingerprint density at radius 1 is 1.25 bits per heavy atom. The summed E-state index contributed by atoms with van der Waals surface area (Å²) in [6.07, 6.45) is 0. The van der Waals surface area contributed by atoms with E-state index < -0.39 is 5.91 Å². The van der Waals surface area contributed by atoms with Gasteiger partial charge in [0.05, 0.1) is 19.1 Å². The summed E-state index contributed by atoms with van der Waals surface area (Å²) >= 11 is 1.33. The first-order valence-corrected chi connectivity index (χ1v) is 5.42. The molecule has 84 valence electrons. The van der Waals surface area contributed by atoms with E-state index in [1.54, 1.807) is 26.4 Å². The first-order valence-electron chi connectivity index (χ1n) is 4.61. The highest BCUT2D eigenvalue weighted by Gasteiger charge is 2.12. The fourth-order valence-corrected chi connectivity index (χ4v) is 2.45. The number of carbonyl (C=O) groups is 1. The van der Waals surface area contributed by atoms with E-state index >= 15 is 0 Å². The lowest BCUT2D eigenvalue weighted by Crippen LogP contribution is -2.08. The number of primary amides is 1. The van der Waals surface area contributed by atoms with Crippen molar-refractivity contribution in [3.05, 3.63) is 23.1 Å². The first-order chi connectivity index (χ1) is 7.65. The van der Waals surface area contributed by atoms with E-state index in [4.69, 9.17) is 15.2 Å². The largest absolute Gasteiger partial charge is 0.497 e. The Balaban J connectivity index is 2.69. The molecule has 0 atom stereocenters. The summed E-state index contributed by atoms with van der Waals surface area (Å²) in [6.45, 7) is 0. The molecular weight excluding hydrogens is 226 g/mol. The van der Waals surface area contributed by atoms with Gasteiger partial charge in [0.25, 0.3) is 5.91 Å². The zero-order valence-corrected chi connectivity index (χ0v) is 9.76. The van der Waals surface area contributed by atoms with E-state index in [0.29, 0.717) is 16.4 Å². The van der Waals surface area contributed by atoms with Crippen molar-refractivity contribution in [2.45, 2.75) is 0 Å². The van der Waals surface area contributed by atoms with Gasteiger partial charge in [0, 0.05) is 16.2 Å². The summed E-state index contributed by atoms with van der Waals surface area (Å²) in [7, 11) is 3.17. The van der Waals surface area contributed by atoms with Crippen molar-refractivity contribution in [1.82, 2.24) is 0 Å². The lowest BCUT2D eigenvalue weighted by molar-refractivity contribution is 0.100. The van der Waals surface area contributed by atoms with Crippen molar-refractivity contribution in [2.75, 3.05) is 14.2 Å². The van der Waals surface area contributed by atoms with Crippen LogP contribution in [-0.2, 0) is 0 Å². The van der Waals surface area contributed by atoms with Gasteiger partial charge in [0.1, 0.15) is 11.5 Å². The molecule has 0 aliphatic carbocycles. The summed E-state index contributed by atoms with van der Waals surface area (Å²) in [5.74, 6) is 0.947. The van der Waals surface area contributed by atoms with E-state index in [2.05, 4.69) is 0 Å². The second kappa shape index (κ2) is 4.02. The van der Waals surface area contributed by atoms with Gasteiger partial charge in [0.2, 0.25) is 0 Å². The minimum Gasteiger partial charge on any atom is -0.497 e. The zero-order valence-electron chi connectivity index (χ0n) is 8.94. The molecule has 0 saturated heterocycles. The van der Waals surface area contributed by atoms with E-state index in [-0.39, 0.29) is 0 Å². The molecule has 0 aliphatic rings. The van der Waals surface area contributed by atoms with Crippen molar-refractivity contribution >= 4 is 27.3 Å². The highest BCUT2D eigenvalue weighted by atomic mass is 32.1. The maximum absolute atomic E-state index is 11.1. The highest BCUT2D eigenvalue weighted by Crippen LogP contribution is 2.36. The molecule has 0 aliphatic heterocycles. The predicted molar refractivity (Wildman–Crippen MR) is 63.4 cm³/mol. The molecule has 0 unspecified atom stereocenters. The molecule has 0 saturated carbocycles. The van der Waals surface area contributed by atoms with Crippen molar-refractivity contribution < 1.29 is 14.3 Å². The standard InChI is InChI=1S/C11H11NO3S/c1-14-6-3-8(15-2)7-5-10(11(12)13)16-9(7)4-6/h3-5H,1-2H3,(H2,12,13). The molecule has 2 rings (SSSR count). The Hall–Kier alpha value is -1.75. The van der Waals surface area contributed by atoms with Gasteiger partial charge < -0.3 is 15.2 Å². The number of nitrogens with two attached hydrogens (primary N) is 1. The van der Waals surface area contributed by atoms with E-state index in [1.165, 1.54) is 11.3 Å². The van der Waals surface area contributed by atoms with Gasteiger partial charge in [-0.05, 0) is 12.1 Å². The number of thiophene rings is 1. The van der Waals surface area contributed by atoms with Crippen LogP contribution in [0, 0.1) is 0 Å². The molecule has 1 amide bonds. The molecule has 4 nitrogen and oxygen atoms in total. The van der Waals surface area contributed by atoms with E-state index in [1.807, 2.05) is 6.07 Å². The average Bonchev–Trinajstić information content (AvgIpc) is 2.71. The van der Waals surface area contributed by atoms with Crippen LogP contribution in [-0.4, -0.2) is 20.1 Å². The number of hydrogen-bond donors (Lipinski definition) is 1. The molecule has 5 heteroatoms. The van der Waals surface area contributed by atoms with E-state index in [9.17, 15) is 4.79 Å². The number of carbonyl (C=O) groups excluding carboxylic acids is 1. The number of benzene rings is 1. The molecular formula is C11H11NO3S. The van der Waals surface area contributed by atoms with Crippen LogP contribution < -0.4 is 15.2 Å². The number of methoxy groups -OCH3 is 2. The minimum absolute atomic E-state index is 0.429. The van der Waals surface area contributed by atoms with Crippen LogP contribution in [0.2, 0.25) is 0 Å². The molecule has 1 aromatic heterocycles. The van der Waals surface area contributed by atoms with Crippen molar-refractivity contribution in [1.29, 1.82) is 0 Å². The third kappa shape index (κ3) is 1.69. The fraction of sp³-hybridized carbons (Fsp3) is 0.182. The van der Waals surface area contributed by atoms with Crippen LogP contribution in [0.4, 0.5) is 0 Å². The Bertz CT molecular complexity index is 547. The summed E-state index contributed by atoms with van der Waals surface area (Å²) < 4.78 is 11.3. The Labute approximate surface area is 96.6 Å². The van der Waals surface area contributed by atoms with Gasteiger partial charge in [0.15, 0.2) is 0 Å². The summed E-state index contributed by atoms with van der Waals surface area (Å²) in [4.78, 5) is 11.6. The van der Waals surface area contributed by atoms with Gasteiger partial charge in [-0.1, -0.05) is 0 Å². The fourth-order valence-electron chi connectivity index (χ4n) is 1.49. The predicted octanol–water partition coefficient (Wildman–Crippen LogP) is 2.02. The van der Waals surface area contributed by atoms with Gasteiger partial charge in [-0.25, -0.2) is 0 Å². The molecule has 0 bridgehead atoms. The lowest BCUT2D eigenvalue weighted by Gasteiger charge is -2.04. The van der Waals surface area contributed by atoms with Crippen molar-refractivity contribution in [3.8, 4) is 11.5 Å². The second-order valence-electron chi connectivity index (χ2n) is 3.22. The van der Waals surface area contributed by atoms with Crippen LogP contribution in [0.3, 0.4) is 0 Å². The molecule has 0 fully saturated rings. The van der Waals surface area contributed by atoms with Gasteiger partial charge in [-0.15, -0.1) is 11.3 Å². The lowest BCUT2D eigenvalue weighted by atomic mass is 10.2. The SMILES string of the molecule is COc1cc(OC)c2cc(C(N)=O)sc2c1. The van der Waals surface area contributed by atoms with Gasteiger partial charge in [-0.3, -0.25) is 4.79 Å². The first kappa shape index (κ1) is 10.8. The summed E-state index contributed by atoms with van der Waals surface area (Å²) in [5, 5.41) is 0.877. The monoisotopic (exact) mass is 237 g/mol. The maximum atomic E-state index is 11.1. The number of amides is 1. The molecule has 0 radical (unpaired) electrons. The van der Waals surface area contributed by atoms with Crippen molar-refractivity contribution in [2.24, 2.45) is 5.73 Å². The summed E-state index contributed by atoms with van der Waals surface area (Å²) in [5.41, 5.74) is 5.24. The molecule has 2 N–H and O–H groups in total. The van der Waals surface area contributed by atoms with Crippen LogP contribution in [0.1, 0.15) is 9.67 Å². The summed E-state index contributed by atoms with van der Waals surface area (Å²) in [6, 6.07) is 5.37. The van der Waals surface area contributed by atoms with Gasteiger partial charge >= 0.3 is 0 Å². The second-order valence-corrected chi connectivity index (χ2v) is 4.30. The van der Waals surface area contributed by atoms with Crippen molar-refractivity contribution in [3.63, 3.8) is 0 Å². The zero-order chi connectivity index (χ0) is 11.7. The van der Waals surface area contributed by atoms with Crippen LogP contribution in [0.15, 0.2) is 18.2 Å². The maximum Gasteiger partial charge on any atom is 0.258 e. The smallest absolute Gasteiger partial charge is 0.258 e. The quantitative estimate of drug-likeness (QED) is 0.888. The molecule has 1 heterocycles. The Morgan fingerprint density at radius 2 is 2.00 bits per heavy atom. The van der Waals surface area contributed by atoms with Crippen LogP contribution >= 0.6 is 11.3 Å². The third-order valence-corrected chi connectivity index (χ3v) is 3.37. The molecule has 2 aromatic rings. The Kier molecular flexibility index (Phi) is 2.70. The van der Waals surface area contributed by atoms with Crippen LogP contribution in [0.5, 0.6) is 11.5 Å². The minimum atomic E-state index is -0.429. The highest BCUT2D eigenvalue weighted by molar-refractivity contribution is 7.20. The van der Waals surface area contributed by atoms with Crippen LogP contribution in [0.25, 0.3) is 10.1 Å². The number of fused-ring (bicyclic) bond motifs is 1. The van der Waals surface area contributed by atoms with E-state index in [0.717, 1.165) is 10.1 Å². The normalized spacial score (nSPS) is 10.4. The average molecular weight is 237 g/mol. The number of ether oxygens (including phenoxy) is 2. The van der Waals surface area contributed by atoms with Gasteiger partial charge in [-0.2, -0.15) is 0 Å². The number of rotatable bonds is 3. The molecule has 16 heavy (non-hydrogen) atoms. The number of hydrogen-bond acceptors (Lipinski definition) is 4.